The molecule has 15 heavy (non-hydrogen) atoms. The van der Waals surface area contributed by atoms with Gasteiger partial charge in [-0.3, -0.25) is 10.5 Å². The van der Waals surface area contributed by atoms with Crippen LogP contribution in [-0.2, 0) is 9.53 Å². The molecule has 0 aromatic carbocycles. The molecule has 1 aliphatic rings. The van der Waals surface area contributed by atoms with Crippen LogP contribution >= 0.6 is 0 Å². The van der Waals surface area contributed by atoms with Gasteiger partial charge in [0, 0.05) is 7.11 Å². The van der Waals surface area contributed by atoms with E-state index in [4.69, 9.17) is 10.5 Å². The lowest BCUT2D eigenvalue weighted by Gasteiger charge is -2.55. The highest BCUT2D eigenvalue weighted by atomic mass is 28.3. The van der Waals surface area contributed by atoms with Crippen LogP contribution in [0.25, 0.3) is 0 Å². The first-order chi connectivity index (χ1) is 6.99. The highest BCUT2D eigenvalue weighted by molar-refractivity contribution is 6.57. The van der Waals surface area contributed by atoms with Gasteiger partial charge in [-0.15, -0.1) is 0 Å². The minimum Gasteiger partial charge on any atom is -0.362 e. The molecule has 1 fully saturated rings. The Morgan fingerprint density at radius 3 is 2.60 bits per heavy atom. The number of rotatable bonds is 5. The van der Waals surface area contributed by atoms with E-state index in [2.05, 4.69) is 20.0 Å². The molecule has 2 atom stereocenters. The Balaban J connectivity index is 2.72. The van der Waals surface area contributed by atoms with Crippen molar-refractivity contribution in [3.63, 3.8) is 0 Å². The molecule has 1 rings (SSSR count). The van der Waals surface area contributed by atoms with Crippen LogP contribution < -0.4 is 5.73 Å². The number of carbonyl (C=O) groups excluding carboxylic acids is 1. The number of carbonyl (C=O) groups is 1. The molecule has 1 aliphatic heterocycles. The molecule has 5 heteroatoms. The van der Waals surface area contributed by atoms with Crippen LogP contribution in [0, 0.1) is 0 Å². The maximum Gasteiger partial charge on any atom is 0.264 e. The van der Waals surface area contributed by atoms with E-state index in [-0.39, 0.29) is 11.9 Å². The van der Waals surface area contributed by atoms with Crippen molar-refractivity contribution in [2.75, 3.05) is 7.11 Å². The third kappa shape index (κ3) is 1.96. The smallest absolute Gasteiger partial charge is 0.264 e. The average molecular weight is 230 g/mol. The second kappa shape index (κ2) is 4.63. The number of hydrogen-bond donors (Lipinski definition) is 1. The molecule has 0 aliphatic carbocycles. The van der Waals surface area contributed by atoms with Crippen molar-refractivity contribution in [2.24, 2.45) is 5.73 Å². The first-order valence-corrected chi connectivity index (χ1v) is 8.48. The minimum atomic E-state index is -1.11. The first-order valence-electron chi connectivity index (χ1n) is 5.65. The Morgan fingerprint density at radius 1 is 1.60 bits per heavy atom. The molecule has 4 nitrogen and oxygen atoms in total. The number of methoxy groups -OCH3 is 1. The van der Waals surface area contributed by atoms with Gasteiger partial charge in [-0.1, -0.05) is 32.9 Å². The van der Waals surface area contributed by atoms with Gasteiger partial charge in [0.05, 0.1) is 6.04 Å². The summed E-state index contributed by atoms with van der Waals surface area (Å²) < 4.78 is 7.16. The van der Waals surface area contributed by atoms with Gasteiger partial charge in [-0.2, -0.15) is 0 Å². The van der Waals surface area contributed by atoms with Crippen LogP contribution in [0.4, 0.5) is 0 Å². The Hall–Kier alpha value is -0.393. The zero-order chi connectivity index (χ0) is 11.6. The van der Waals surface area contributed by atoms with E-state index in [0.29, 0.717) is 0 Å². The van der Waals surface area contributed by atoms with E-state index in [0.717, 1.165) is 19.3 Å². The van der Waals surface area contributed by atoms with Gasteiger partial charge in [-0.05, 0) is 6.42 Å². The molecule has 0 spiro atoms. The number of amides is 1. The van der Waals surface area contributed by atoms with E-state index in [1.807, 2.05) is 4.57 Å². The normalized spacial score (nSPS) is 30.9. The van der Waals surface area contributed by atoms with Crippen molar-refractivity contribution in [3.05, 3.63) is 0 Å². The second-order valence-corrected chi connectivity index (χ2v) is 7.21. The van der Waals surface area contributed by atoms with Crippen molar-refractivity contribution in [2.45, 2.75) is 51.0 Å². The lowest BCUT2D eigenvalue weighted by molar-refractivity contribution is -0.185. The molecule has 0 saturated carbocycles. The largest absolute Gasteiger partial charge is 0.362 e. The van der Waals surface area contributed by atoms with Crippen LogP contribution in [0.1, 0.15) is 26.2 Å². The Bertz CT molecular complexity index is 248. The number of nitrogens with two attached hydrogens (primary N) is 1. The van der Waals surface area contributed by atoms with E-state index in [1.54, 1.807) is 0 Å². The summed E-state index contributed by atoms with van der Waals surface area (Å²) in [5.74, 6) is -0.0206. The number of ether oxygens (including phenoxy) is 1. The van der Waals surface area contributed by atoms with Gasteiger partial charge in [0.1, 0.15) is 8.96 Å². The molecule has 0 bridgehead atoms. The summed E-state index contributed by atoms with van der Waals surface area (Å²) >= 11 is 0. The number of unbranched alkanes of at least 4 members (excludes halogenated alkanes) is 1. The molecule has 2 unspecified atom stereocenters. The van der Waals surface area contributed by atoms with Crippen molar-refractivity contribution >= 4 is 14.9 Å². The minimum absolute atomic E-state index is 0.0206. The van der Waals surface area contributed by atoms with Crippen LogP contribution in [-0.4, -0.2) is 38.3 Å². The Kier molecular flexibility index (Phi) is 3.91. The first kappa shape index (κ1) is 12.7. The van der Waals surface area contributed by atoms with Crippen molar-refractivity contribution < 1.29 is 9.53 Å². The van der Waals surface area contributed by atoms with Crippen LogP contribution in [0.5, 0.6) is 0 Å². The highest BCUT2D eigenvalue weighted by Crippen LogP contribution is 2.33. The standard InChI is InChI=1S/C10H22N2O2Si/c1-5-6-7-8-10(11,14-2)9(13)12(8)15(3)4/h8,15H,5-7,11H2,1-4H3. The van der Waals surface area contributed by atoms with Gasteiger partial charge in [0.25, 0.3) is 5.91 Å². The summed E-state index contributed by atoms with van der Waals surface area (Å²) in [6.45, 7) is 6.43. The molecule has 0 aromatic rings. The van der Waals surface area contributed by atoms with Crippen LogP contribution in [0.3, 0.4) is 0 Å². The number of β-lactam (4-membered cyclic amide) rings is 1. The SMILES string of the molecule is CCCCC1N([SiH](C)C)C(=O)C1(N)OC. The van der Waals surface area contributed by atoms with E-state index in [1.165, 1.54) is 7.11 Å². The third-order valence-electron chi connectivity index (χ3n) is 3.12. The topological polar surface area (TPSA) is 55.6 Å². The summed E-state index contributed by atoms with van der Waals surface area (Å²) in [7, 11) is 0.415. The Morgan fingerprint density at radius 2 is 2.20 bits per heavy atom. The highest BCUT2D eigenvalue weighted by Gasteiger charge is 2.58. The van der Waals surface area contributed by atoms with Gasteiger partial charge in [0.15, 0.2) is 0 Å². The summed E-state index contributed by atoms with van der Waals surface area (Å²) in [6.07, 6.45) is 3.17. The fraction of sp³-hybridized carbons (Fsp3) is 0.900. The zero-order valence-corrected chi connectivity index (χ0v) is 11.3. The summed E-state index contributed by atoms with van der Waals surface area (Å²) in [6, 6.07) is 0.0987. The lowest BCUT2D eigenvalue weighted by atomic mass is 9.90. The second-order valence-electron chi connectivity index (χ2n) is 4.46. The Labute approximate surface area is 93.5 Å². The molecule has 0 aromatic heterocycles. The maximum atomic E-state index is 11.8. The van der Waals surface area contributed by atoms with E-state index in [9.17, 15) is 4.79 Å². The van der Waals surface area contributed by atoms with Crippen LogP contribution in [0.2, 0.25) is 13.1 Å². The monoisotopic (exact) mass is 230 g/mol. The van der Waals surface area contributed by atoms with Gasteiger partial charge in [0.2, 0.25) is 5.72 Å². The predicted octanol–water partition coefficient (Wildman–Crippen LogP) is 0.672. The fourth-order valence-corrected chi connectivity index (χ4v) is 3.96. The lowest BCUT2D eigenvalue weighted by Crippen LogP contribution is -2.81. The number of nitrogens with zero attached hydrogens (tertiary/aromatic N) is 1. The maximum absolute atomic E-state index is 11.8. The van der Waals surface area contributed by atoms with Crippen molar-refractivity contribution in [1.82, 2.24) is 4.57 Å². The fourth-order valence-electron chi connectivity index (χ4n) is 2.20. The molecular formula is C10H22N2O2Si. The number of hydrogen-bond acceptors (Lipinski definition) is 3. The van der Waals surface area contributed by atoms with Crippen LogP contribution in [0.15, 0.2) is 0 Å². The van der Waals surface area contributed by atoms with Gasteiger partial charge < -0.3 is 9.30 Å². The molecule has 1 heterocycles. The van der Waals surface area contributed by atoms with Gasteiger partial charge in [-0.25, -0.2) is 0 Å². The quantitative estimate of drug-likeness (QED) is 0.429. The zero-order valence-electron chi connectivity index (χ0n) is 10.1. The van der Waals surface area contributed by atoms with Crippen molar-refractivity contribution in [3.8, 4) is 0 Å². The average Bonchev–Trinajstić information content (AvgIpc) is 2.21. The molecule has 1 amide bonds. The third-order valence-corrected chi connectivity index (χ3v) is 4.83. The van der Waals surface area contributed by atoms with Crippen molar-refractivity contribution in [1.29, 1.82) is 0 Å². The van der Waals surface area contributed by atoms with E-state index >= 15 is 0 Å². The molecule has 2 N–H and O–H groups in total. The van der Waals surface area contributed by atoms with E-state index < -0.39 is 14.7 Å². The summed E-state index contributed by atoms with van der Waals surface area (Å²) in [5, 5.41) is 0. The predicted molar refractivity (Wildman–Crippen MR) is 63.0 cm³/mol. The molecular weight excluding hydrogens is 208 g/mol. The molecule has 88 valence electrons. The van der Waals surface area contributed by atoms with Gasteiger partial charge >= 0.3 is 0 Å². The summed E-state index contributed by atoms with van der Waals surface area (Å²) in [5.41, 5.74) is 4.93. The molecule has 0 radical (unpaired) electrons. The molecule has 1 saturated heterocycles. The summed E-state index contributed by atoms with van der Waals surface area (Å²) in [4.78, 5) is 11.8.